The van der Waals surface area contributed by atoms with Crippen molar-refractivity contribution in [3.05, 3.63) is 0 Å². The topological polar surface area (TPSA) is 61.9 Å². The smallest absolute Gasteiger partial charge is 0.409 e. The lowest BCUT2D eigenvalue weighted by Crippen LogP contribution is -2.46. The summed E-state index contributed by atoms with van der Waals surface area (Å²) in [5.74, 6) is 0.241. The average Bonchev–Trinajstić information content (AvgIpc) is 2.55. The van der Waals surface area contributed by atoms with Crippen LogP contribution in [0.4, 0.5) is 4.79 Å². The van der Waals surface area contributed by atoms with Gasteiger partial charge in [0.15, 0.2) is 0 Å². The van der Waals surface area contributed by atoms with Gasteiger partial charge in [-0.1, -0.05) is 13.8 Å². The van der Waals surface area contributed by atoms with E-state index in [1.807, 2.05) is 11.8 Å². The van der Waals surface area contributed by atoms with Crippen LogP contribution in [0.1, 0.15) is 52.9 Å². The molecule has 0 spiro atoms. The van der Waals surface area contributed by atoms with Gasteiger partial charge in [-0.05, 0) is 32.6 Å². The standard InChI is InChI=1S/C17H33N3O3/c1-4-11-19(12-5-2)16(21)7-10-18-15-8-13-20(14-9-15)17(22)23-6-3/h15,18H,4-14H2,1-3H3. The molecule has 6 heteroatoms. The number of rotatable bonds is 9. The van der Waals surface area contributed by atoms with Gasteiger partial charge in [0.2, 0.25) is 5.91 Å². The van der Waals surface area contributed by atoms with Gasteiger partial charge >= 0.3 is 6.09 Å². The summed E-state index contributed by atoms with van der Waals surface area (Å²) in [6.45, 7) is 10.3. The molecule has 1 aliphatic rings. The van der Waals surface area contributed by atoms with E-state index in [4.69, 9.17) is 4.74 Å². The maximum absolute atomic E-state index is 12.2. The molecule has 0 aromatic rings. The van der Waals surface area contributed by atoms with Crippen molar-refractivity contribution in [3.8, 4) is 0 Å². The van der Waals surface area contributed by atoms with Gasteiger partial charge in [-0.15, -0.1) is 0 Å². The van der Waals surface area contributed by atoms with Crippen LogP contribution in [-0.2, 0) is 9.53 Å². The third-order valence-electron chi connectivity index (χ3n) is 4.13. The Morgan fingerprint density at radius 3 is 2.26 bits per heavy atom. The Morgan fingerprint density at radius 2 is 1.74 bits per heavy atom. The van der Waals surface area contributed by atoms with Gasteiger partial charge in [0.1, 0.15) is 0 Å². The van der Waals surface area contributed by atoms with Gasteiger partial charge in [0.25, 0.3) is 0 Å². The number of piperidine rings is 1. The molecule has 1 N–H and O–H groups in total. The lowest BCUT2D eigenvalue weighted by molar-refractivity contribution is -0.131. The zero-order chi connectivity index (χ0) is 17.1. The molecule has 23 heavy (non-hydrogen) atoms. The first-order valence-electron chi connectivity index (χ1n) is 9.05. The number of nitrogens with zero attached hydrogens (tertiary/aromatic N) is 2. The Balaban J connectivity index is 2.21. The van der Waals surface area contributed by atoms with Gasteiger partial charge in [0.05, 0.1) is 6.61 Å². The number of carbonyl (C=O) groups excluding carboxylic acids is 2. The molecule has 134 valence electrons. The van der Waals surface area contributed by atoms with E-state index in [1.54, 1.807) is 4.90 Å². The zero-order valence-electron chi connectivity index (χ0n) is 15.0. The molecule has 1 fully saturated rings. The average molecular weight is 327 g/mol. The monoisotopic (exact) mass is 327 g/mol. The molecular weight excluding hydrogens is 294 g/mol. The second-order valence-corrected chi connectivity index (χ2v) is 6.05. The van der Waals surface area contributed by atoms with Crippen molar-refractivity contribution in [1.82, 2.24) is 15.1 Å². The van der Waals surface area contributed by atoms with E-state index in [2.05, 4.69) is 19.2 Å². The number of hydrogen-bond acceptors (Lipinski definition) is 4. The van der Waals surface area contributed by atoms with Crippen molar-refractivity contribution in [1.29, 1.82) is 0 Å². The molecule has 1 rings (SSSR count). The fraction of sp³-hybridized carbons (Fsp3) is 0.882. The highest BCUT2D eigenvalue weighted by Crippen LogP contribution is 2.11. The Hall–Kier alpha value is -1.30. The number of hydrogen-bond donors (Lipinski definition) is 1. The Labute approximate surface area is 140 Å². The highest BCUT2D eigenvalue weighted by Gasteiger charge is 2.23. The number of carbonyl (C=O) groups is 2. The molecular formula is C17H33N3O3. The molecule has 0 aromatic carbocycles. The normalized spacial score (nSPS) is 15.5. The van der Waals surface area contributed by atoms with E-state index in [9.17, 15) is 9.59 Å². The van der Waals surface area contributed by atoms with E-state index in [1.165, 1.54) is 0 Å². The molecule has 1 heterocycles. The molecule has 6 nitrogen and oxygen atoms in total. The van der Waals surface area contributed by atoms with Crippen LogP contribution in [-0.4, -0.2) is 67.2 Å². The van der Waals surface area contributed by atoms with Crippen LogP contribution in [0.5, 0.6) is 0 Å². The van der Waals surface area contributed by atoms with Crippen LogP contribution < -0.4 is 5.32 Å². The molecule has 0 aliphatic carbocycles. The van der Waals surface area contributed by atoms with Crippen LogP contribution in [0.15, 0.2) is 0 Å². The Kier molecular flexibility index (Phi) is 9.67. The SMILES string of the molecule is CCCN(CCC)C(=O)CCNC1CCN(C(=O)OCC)CC1. The largest absolute Gasteiger partial charge is 0.450 e. The molecule has 0 bridgehead atoms. The van der Waals surface area contributed by atoms with Crippen LogP contribution in [0, 0.1) is 0 Å². The quantitative estimate of drug-likeness (QED) is 0.705. The van der Waals surface area contributed by atoms with Gasteiger partial charge in [-0.25, -0.2) is 4.79 Å². The van der Waals surface area contributed by atoms with Crippen LogP contribution in [0.25, 0.3) is 0 Å². The maximum atomic E-state index is 12.2. The lowest BCUT2D eigenvalue weighted by atomic mass is 10.1. The number of nitrogens with one attached hydrogen (secondary N) is 1. The third kappa shape index (κ3) is 7.20. The molecule has 0 saturated carbocycles. The molecule has 2 amide bonds. The first-order chi connectivity index (χ1) is 11.1. The van der Waals surface area contributed by atoms with Crippen molar-refractivity contribution >= 4 is 12.0 Å². The summed E-state index contributed by atoms with van der Waals surface area (Å²) in [7, 11) is 0. The van der Waals surface area contributed by atoms with Crippen LogP contribution >= 0.6 is 0 Å². The van der Waals surface area contributed by atoms with Gasteiger partial charge in [-0.3, -0.25) is 4.79 Å². The van der Waals surface area contributed by atoms with E-state index in [0.717, 1.165) is 51.9 Å². The van der Waals surface area contributed by atoms with Crippen molar-refractivity contribution in [2.24, 2.45) is 0 Å². The van der Waals surface area contributed by atoms with Crippen molar-refractivity contribution in [2.45, 2.75) is 58.9 Å². The predicted octanol–water partition coefficient (Wildman–Crippen LogP) is 2.24. The summed E-state index contributed by atoms with van der Waals surface area (Å²) in [5.41, 5.74) is 0. The van der Waals surface area contributed by atoms with Crippen molar-refractivity contribution < 1.29 is 14.3 Å². The molecule has 1 saturated heterocycles. The Morgan fingerprint density at radius 1 is 1.13 bits per heavy atom. The molecule has 0 atom stereocenters. The summed E-state index contributed by atoms with van der Waals surface area (Å²) in [4.78, 5) is 27.6. The molecule has 0 radical (unpaired) electrons. The highest BCUT2D eigenvalue weighted by molar-refractivity contribution is 5.76. The number of likely N-dealkylation sites (tertiary alicyclic amines) is 1. The van der Waals surface area contributed by atoms with Crippen LogP contribution in [0.2, 0.25) is 0 Å². The lowest BCUT2D eigenvalue weighted by Gasteiger charge is -2.31. The predicted molar refractivity (Wildman–Crippen MR) is 91.4 cm³/mol. The molecule has 1 aliphatic heterocycles. The van der Waals surface area contributed by atoms with Crippen molar-refractivity contribution in [3.63, 3.8) is 0 Å². The first-order valence-corrected chi connectivity index (χ1v) is 9.05. The second-order valence-electron chi connectivity index (χ2n) is 6.05. The second kappa shape index (κ2) is 11.3. The summed E-state index contributed by atoms with van der Waals surface area (Å²) in [6.07, 6.45) is 4.19. The Bertz CT molecular complexity index is 349. The van der Waals surface area contributed by atoms with Gasteiger partial charge in [-0.2, -0.15) is 0 Å². The van der Waals surface area contributed by atoms with E-state index in [-0.39, 0.29) is 12.0 Å². The summed E-state index contributed by atoms with van der Waals surface area (Å²) < 4.78 is 5.02. The third-order valence-corrected chi connectivity index (χ3v) is 4.13. The summed E-state index contributed by atoms with van der Waals surface area (Å²) in [5, 5.41) is 3.46. The number of ether oxygens (including phenoxy) is 1. The molecule has 0 aromatic heterocycles. The summed E-state index contributed by atoms with van der Waals surface area (Å²) in [6, 6.07) is 0.388. The van der Waals surface area contributed by atoms with E-state index in [0.29, 0.717) is 25.6 Å². The minimum absolute atomic E-state index is 0.212. The number of amides is 2. The van der Waals surface area contributed by atoms with E-state index >= 15 is 0 Å². The first kappa shape index (κ1) is 19.7. The fourth-order valence-electron chi connectivity index (χ4n) is 2.92. The highest BCUT2D eigenvalue weighted by atomic mass is 16.6. The fourth-order valence-corrected chi connectivity index (χ4v) is 2.92. The zero-order valence-corrected chi connectivity index (χ0v) is 15.0. The van der Waals surface area contributed by atoms with Crippen LogP contribution in [0.3, 0.4) is 0 Å². The maximum Gasteiger partial charge on any atom is 0.409 e. The summed E-state index contributed by atoms with van der Waals surface area (Å²) >= 11 is 0. The van der Waals surface area contributed by atoms with Gasteiger partial charge < -0.3 is 19.9 Å². The van der Waals surface area contributed by atoms with Gasteiger partial charge in [0, 0.05) is 45.2 Å². The minimum Gasteiger partial charge on any atom is -0.450 e. The molecule has 0 unspecified atom stereocenters. The van der Waals surface area contributed by atoms with Crippen molar-refractivity contribution in [2.75, 3.05) is 39.3 Å². The minimum atomic E-state index is -0.212. The van der Waals surface area contributed by atoms with E-state index < -0.39 is 0 Å².